The van der Waals surface area contributed by atoms with Gasteiger partial charge in [0.15, 0.2) is 0 Å². The van der Waals surface area contributed by atoms with Gasteiger partial charge in [-0.15, -0.1) is 0 Å². The van der Waals surface area contributed by atoms with Crippen LogP contribution in [0.15, 0.2) is 23.1 Å². The molecule has 0 heterocycles. The number of hydrogen-bond acceptors (Lipinski definition) is 5. The Morgan fingerprint density at radius 2 is 2.00 bits per heavy atom. The van der Waals surface area contributed by atoms with E-state index in [4.69, 9.17) is 5.11 Å². The SMILES string of the molecule is COC(=O)CCN(C)S(=O)(=O)c1ccc(F)c(C(=O)O)c1. The summed E-state index contributed by atoms with van der Waals surface area (Å²) in [6.45, 7) is -0.144. The third kappa shape index (κ3) is 3.99. The van der Waals surface area contributed by atoms with Gasteiger partial charge in [0.25, 0.3) is 0 Å². The van der Waals surface area contributed by atoms with E-state index in [0.29, 0.717) is 0 Å². The van der Waals surface area contributed by atoms with Crippen LogP contribution in [-0.2, 0) is 19.6 Å². The molecular formula is C12H14FNO6S. The molecular weight excluding hydrogens is 305 g/mol. The second kappa shape index (κ2) is 6.64. The first-order valence-electron chi connectivity index (χ1n) is 5.76. The maximum absolute atomic E-state index is 13.3. The number of halogens is 1. The van der Waals surface area contributed by atoms with E-state index in [0.717, 1.165) is 22.5 Å². The van der Waals surface area contributed by atoms with E-state index in [-0.39, 0.29) is 17.9 Å². The van der Waals surface area contributed by atoms with Gasteiger partial charge in [-0.05, 0) is 18.2 Å². The molecule has 1 aromatic carbocycles. The molecule has 0 aliphatic rings. The first kappa shape index (κ1) is 17.1. The van der Waals surface area contributed by atoms with Crippen LogP contribution in [0.25, 0.3) is 0 Å². The minimum Gasteiger partial charge on any atom is -0.478 e. The van der Waals surface area contributed by atoms with Crippen LogP contribution in [0.4, 0.5) is 4.39 Å². The summed E-state index contributed by atoms with van der Waals surface area (Å²) < 4.78 is 42.9. The number of sulfonamides is 1. The van der Waals surface area contributed by atoms with Crippen molar-refractivity contribution in [3.63, 3.8) is 0 Å². The first-order valence-corrected chi connectivity index (χ1v) is 7.20. The summed E-state index contributed by atoms with van der Waals surface area (Å²) in [5.74, 6) is -3.18. The monoisotopic (exact) mass is 319 g/mol. The molecule has 0 spiro atoms. The van der Waals surface area contributed by atoms with Gasteiger partial charge in [-0.2, -0.15) is 0 Å². The zero-order chi connectivity index (χ0) is 16.2. The average molecular weight is 319 g/mol. The van der Waals surface area contributed by atoms with Crippen LogP contribution in [0.1, 0.15) is 16.8 Å². The van der Waals surface area contributed by atoms with E-state index in [2.05, 4.69) is 4.74 Å². The highest BCUT2D eigenvalue weighted by Crippen LogP contribution is 2.18. The highest BCUT2D eigenvalue weighted by atomic mass is 32.2. The lowest BCUT2D eigenvalue weighted by Crippen LogP contribution is -2.29. The fourth-order valence-electron chi connectivity index (χ4n) is 1.48. The van der Waals surface area contributed by atoms with Crippen molar-refractivity contribution in [2.45, 2.75) is 11.3 Å². The van der Waals surface area contributed by atoms with E-state index in [1.165, 1.54) is 14.2 Å². The Hall–Kier alpha value is -2.00. The Kier molecular flexibility index (Phi) is 5.39. The lowest BCUT2D eigenvalue weighted by molar-refractivity contribution is -0.140. The molecule has 0 aromatic heterocycles. The summed E-state index contributed by atoms with van der Waals surface area (Å²) in [7, 11) is -1.62. The predicted molar refractivity (Wildman–Crippen MR) is 69.8 cm³/mol. The average Bonchev–Trinajstić information content (AvgIpc) is 2.43. The molecule has 0 atom stereocenters. The molecule has 1 aromatic rings. The molecule has 0 unspecified atom stereocenters. The Labute approximate surface area is 121 Å². The smallest absolute Gasteiger partial charge is 0.338 e. The van der Waals surface area contributed by atoms with E-state index in [1.807, 2.05) is 0 Å². The third-order valence-corrected chi connectivity index (χ3v) is 4.59. The van der Waals surface area contributed by atoms with Crippen LogP contribution in [-0.4, -0.2) is 50.5 Å². The summed E-state index contributed by atoms with van der Waals surface area (Å²) in [6.07, 6.45) is -0.154. The second-order valence-electron chi connectivity index (χ2n) is 4.10. The first-order chi connectivity index (χ1) is 9.70. The number of carboxylic acids is 1. The second-order valence-corrected chi connectivity index (χ2v) is 6.14. The molecule has 9 heteroatoms. The number of ether oxygens (including phenoxy) is 1. The number of aromatic carboxylic acids is 1. The zero-order valence-electron chi connectivity index (χ0n) is 11.4. The maximum atomic E-state index is 13.3. The number of carboxylic acid groups (broad SMARTS) is 1. The topological polar surface area (TPSA) is 101 Å². The Balaban J connectivity index is 3.05. The molecule has 0 radical (unpaired) electrons. The molecule has 0 saturated carbocycles. The highest BCUT2D eigenvalue weighted by Gasteiger charge is 2.24. The van der Waals surface area contributed by atoms with E-state index < -0.39 is 33.3 Å². The molecule has 0 saturated heterocycles. The molecule has 0 aliphatic heterocycles. The van der Waals surface area contributed by atoms with Crippen LogP contribution in [0.2, 0.25) is 0 Å². The minimum absolute atomic E-state index is 0.144. The van der Waals surface area contributed by atoms with Crippen molar-refractivity contribution in [1.82, 2.24) is 4.31 Å². The molecule has 0 aliphatic carbocycles. The van der Waals surface area contributed by atoms with Gasteiger partial charge in [-0.3, -0.25) is 4.79 Å². The zero-order valence-corrected chi connectivity index (χ0v) is 12.2. The molecule has 116 valence electrons. The molecule has 1 N–H and O–H groups in total. The Morgan fingerprint density at radius 3 is 2.52 bits per heavy atom. The van der Waals surface area contributed by atoms with Crippen LogP contribution in [0.3, 0.4) is 0 Å². The van der Waals surface area contributed by atoms with Crippen LogP contribution in [0.5, 0.6) is 0 Å². The van der Waals surface area contributed by atoms with Gasteiger partial charge in [0.05, 0.1) is 24.0 Å². The summed E-state index contributed by atoms with van der Waals surface area (Å²) in [5, 5.41) is 8.79. The number of methoxy groups -OCH3 is 1. The lowest BCUT2D eigenvalue weighted by atomic mass is 10.2. The molecule has 1 rings (SSSR count). The maximum Gasteiger partial charge on any atom is 0.338 e. The number of esters is 1. The molecule has 21 heavy (non-hydrogen) atoms. The van der Waals surface area contributed by atoms with Crippen molar-refractivity contribution < 1.29 is 32.2 Å². The van der Waals surface area contributed by atoms with E-state index in [1.54, 1.807) is 0 Å². The minimum atomic E-state index is -4.02. The Bertz CT molecular complexity index is 658. The van der Waals surface area contributed by atoms with Crippen molar-refractivity contribution in [1.29, 1.82) is 0 Å². The third-order valence-electron chi connectivity index (χ3n) is 2.73. The van der Waals surface area contributed by atoms with Gasteiger partial charge in [-0.1, -0.05) is 0 Å². The number of rotatable bonds is 6. The van der Waals surface area contributed by atoms with Gasteiger partial charge in [0.2, 0.25) is 10.0 Å². The van der Waals surface area contributed by atoms with E-state index in [9.17, 15) is 22.4 Å². The molecule has 0 bridgehead atoms. The quantitative estimate of drug-likeness (QED) is 0.775. The highest BCUT2D eigenvalue weighted by molar-refractivity contribution is 7.89. The summed E-state index contributed by atoms with van der Waals surface area (Å²) in [6, 6.07) is 2.47. The molecule has 0 fully saturated rings. The van der Waals surface area contributed by atoms with Gasteiger partial charge >= 0.3 is 11.9 Å². The van der Waals surface area contributed by atoms with Crippen LogP contribution < -0.4 is 0 Å². The standard InChI is InChI=1S/C12H14FNO6S/c1-14(6-5-11(15)20-2)21(18,19)8-3-4-10(13)9(7-8)12(16)17/h3-4,7H,5-6H2,1-2H3,(H,16,17). The number of hydrogen-bond donors (Lipinski definition) is 1. The van der Waals surface area contributed by atoms with Gasteiger partial charge in [0.1, 0.15) is 5.82 Å². The van der Waals surface area contributed by atoms with E-state index >= 15 is 0 Å². The summed E-state index contributed by atoms with van der Waals surface area (Å²) in [4.78, 5) is 21.4. The fraction of sp³-hybridized carbons (Fsp3) is 0.333. The van der Waals surface area contributed by atoms with Gasteiger partial charge < -0.3 is 9.84 Å². The van der Waals surface area contributed by atoms with Gasteiger partial charge in [0, 0.05) is 13.6 Å². The Morgan fingerprint density at radius 1 is 1.38 bits per heavy atom. The predicted octanol–water partition coefficient (Wildman–Crippen LogP) is 0.707. The van der Waals surface area contributed by atoms with Crippen LogP contribution >= 0.6 is 0 Å². The largest absolute Gasteiger partial charge is 0.478 e. The van der Waals surface area contributed by atoms with Gasteiger partial charge in [-0.25, -0.2) is 21.9 Å². The van der Waals surface area contributed by atoms with Crippen molar-refractivity contribution in [3.05, 3.63) is 29.6 Å². The number of carbonyl (C=O) groups excluding carboxylic acids is 1. The lowest BCUT2D eigenvalue weighted by Gasteiger charge is -2.16. The number of benzene rings is 1. The summed E-state index contributed by atoms with van der Waals surface area (Å²) >= 11 is 0. The van der Waals surface area contributed by atoms with Crippen molar-refractivity contribution in [3.8, 4) is 0 Å². The molecule has 7 nitrogen and oxygen atoms in total. The fourth-order valence-corrected chi connectivity index (χ4v) is 2.68. The number of nitrogens with zero attached hydrogens (tertiary/aromatic N) is 1. The summed E-state index contributed by atoms with van der Waals surface area (Å²) in [5.41, 5.74) is -0.738. The normalized spacial score (nSPS) is 11.4. The van der Waals surface area contributed by atoms with Crippen molar-refractivity contribution in [2.75, 3.05) is 20.7 Å². The van der Waals surface area contributed by atoms with Crippen LogP contribution in [0, 0.1) is 5.82 Å². The van der Waals surface area contributed by atoms with Crippen molar-refractivity contribution in [2.24, 2.45) is 0 Å². The molecule has 0 amide bonds. The number of carbonyl (C=O) groups is 2. The van der Waals surface area contributed by atoms with Crippen molar-refractivity contribution >= 4 is 22.0 Å².